The minimum atomic E-state index is -1.04. The molecule has 1 aromatic carbocycles. The summed E-state index contributed by atoms with van der Waals surface area (Å²) in [5.74, 6) is -0.189. The van der Waals surface area contributed by atoms with Crippen LogP contribution in [0.1, 0.15) is 20.3 Å². The minimum absolute atomic E-state index is 0.115. The molecule has 0 bridgehead atoms. The van der Waals surface area contributed by atoms with Gasteiger partial charge in [0, 0.05) is 38.1 Å². The van der Waals surface area contributed by atoms with Crippen molar-refractivity contribution in [1.82, 2.24) is 10.2 Å². The van der Waals surface area contributed by atoms with Gasteiger partial charge in [0.05, 0.1) is 22.8 Å². The number of nitrogens with one attached hydrogen (secondary N) is 1. The Hall–Kier alpha value is -1.69. The van der Waals surface area contributed by atoms with Crippen molar-refractivity contribution >= 4 is 34.4 Å². The molecule has 0 aliphatic heterocycles. The zero-order valence-electron chi connectivity index (χ0n) is 18.1. The fourth-order valence-electron chi connectivity index (χ4n) is 3.43. The number of para-hydroxylation sites is 1. The van der Waals surface area contributed by atoms with Gasteiger partial charge in [0.25, 0.3) is 0 Å². The molecule has 1 aliphatic carbocycles. The number of benzene rings is 1. The Balaban J connectivity index is 2.39. The number of carbonyl (C=O) groups is 2. The summed E-state index contributed by atoms with van der Waals surface area (Å²) in [6, 6.07) is 6.73. The summed E-state index contributed by atoms with van der Waals surface area (Å²) in [6.07, 6.45) is -0.0861. The molecule has 2 rings (SSSR count). The molecule has 0 aromatic heterocycles. The van der Waals surface area contributed by atoms with E-state index in [2.05, 4.69) is 27.9 Å². The Labute approximate surface area is 196 Å². The summed E-state index contributed by atoms with van der Waals surface area (Å²) < 4.78 is 12.1. The summed E-state index contributed by atoms with van der Waals surface area (Å²) in [5, 5.41) is 22.9. The van der Waals surface area contributed by atoms with Crippen LogP contribution >= 0.6 is 22.6 Å². The summed E-state index contributed by atoms with van der Waals surface area (Å²) in [7, 11) is 1.55. The molecule has 0 saturated carbocycles. The van der Waals surface area contributed by atoms with Gasteiger partial charge in [-0.2, -0.15) is 0 Å². The molecule has 31 heavy (non-hydrogen) atoms. The first-order valence-electron chi connectivity index (χ1n) is 10.3. The maximum atomic E-state index is 12.9. The van der Waals surface area contributed by atoms with Crippen molar-refractivity contribution in [3.05, 3.63) is 39.5 Å². The highest BCUT2D eigenvalue weighted by atomic mass is 127. The lowest BCUT2D eigenvalue weighted by atomic mass is 9.87. The molecule has 8 nitrogen and oxygen atoms in total. The van der Waals surface area contributed by atoms with Crippen LogP contribution < -0.4 is 10.1 Å². The van der Waals surface area contributed by atoms with E-state index in [1.165, 1.54) is 0 Å². The Morgan fingerprint density at radius 2 is 2.03 bits per heavy atom. The van der Waals surface area contributed by atoms with E-state index in [-0.39, 0.29) is 43.8 Å². The van der Waals surface area contributed by atoms with Crippen molar-refractivity contribution < 1.29 is 29.3 Å². The average Bonchev–Trinajstić information content (AvgIpc) is 2.75. The number of rotatable bonds is 10. The van der Waals surface area contributed by atoms with E-state index in [4.69, 9.17) is 14.6 Å². The van der Waals surface area contributed by atoms with Gasteiger partial charge in [-0.05, 0) is 40.8 Å². The second kappa shape index (κ2) is 12.4. The van der Waals surface area contributed by atoms with Crippen LogP contribution in [0.15, 0.2) is 35.9 Å². The van der Waals surface area contributed by atoms with Gasteiger partial charge in [-0.1, -0.05) is 26.0 Å². The minimum Gasteiger partial charge on any atom is -0.482 e. The number of nitrogens with zero attached hydrogens (tertiary/aromatic N) is 1. The summed E-state index contributed by atoms with van der Waals surface area (Å²) in [6.45, 7) is 4.11. The van der Waals surface area contributed by atoms with Crippen molar-refractivity contribution in [2.75, 3.05) is 33.4 Å². The van der Waals surface area contributed by atoms with Gasteiger partial charge in [-0.15, -0.1) is 0 Å². The van der Waals surface area contributed by atoms with Crippen molar-refractivity contribution in [3.8, 4) is 5.75 Å². The molecule has 0 spiro atoms. The van der Waals surface area contributed by atoms with Crippen LogP contribution in [0.25, 0.3) is 0 Å². The zero-order chi connectivity index (χ0) is 23.0. The van der Waals surface area contributed by atoms with E-state index in [0.717, 1.165) is 3.57 Å². The first kappa shape index (κ1) is 25.6. The molecule has 3 N–H and O–H groups in total. The van der Waals surface area contributed by atoms with E-state index < -0.39 is 18.2 Å². The lowest BCUT2D eigenvalue weighted by Gasteiger charge is -2.41. The number of halogens is 1. The van der Waals surface area contributed by atoms with Crippen LogP contribution in [0.3, 0.4) is 0 Å². The monoisotopic (exact) mass is 546 g/mol. The molecular formula is C22H31IN2O6. The molecule has 0 radical (unpaired) electrons. The molecule has 172 valence electrons. The maximum absolute atomic E-state index is 12.9. The zero-order valence-corrected chi connectivity index (χ0v) is 20.2. The largest absolute Gasteiger partial charge is 0.482 e. The standard InChI is InChI=1S/C22H31IN2O6/c1-14(2)22(29)25(9-11-30-3)17-12-15(21(28)24-8-10-26)13-19(20(17)27)31-18-7-5-4-6-16(18)23/h4-7,13-14,17,19-20,26-27H,8-12H2,1-3H3,(H,24,28). The second-order valence-electron chi connectivity index (χ2n) is 7.63. The number of hydrogen-bond donors (Lipinski definition) is 3. The molecule has 0 fully saturated rings. The highest BCUT2D eigenvalue weighted by Crippen LogP contribution is 2.30. The van der Waals surface area contributed by atoms with Gasteiger partial charge in [0.15, 0.2) is 0 Å². The third-order valence-electron chi connectivity index (χ3n) is 5.03. The molecular weight excluding hydrogens is 515 g/mol. The predicted octanol–water partition coefficient (Wildman–Crippen LogP) is 1.34. The molecule has 0 heterocycles. The Morgan fingerprint density at radius 3 is 2.65 bits per heavy atom. The normalized spacial score (nSPS) is 20.9. The third-order valence-corrected chi connectivity index (χ3v) is 5.92. The van der Waals surface area contributed by atoms with Crippen LogP contribution in [0.2, 0.25) is 0 Å². The van der Waals surface area contributed by atoms with Crippen LogP contribution in [0.5, 0.6) is 5.75 Å². The number of methoxy groups -OCH3 is 1. The number of carbonyl (C=O) groups excluding carboxylic acids is 2. The van der Waals surface area contributed by atoms with Crippen LogP contribution in [-0.4, -0.2) is 78.6 Å². The third kappa shape index (κ3) is 6.90. The molecule has 1 aliphatic rings. The average molecular weight is 546 g/mol. The van der Waals surface area contributed by atoms with E-state index >= 15 is 0 Å². The lowest BCUT2D eigenvalue weighted by molar-refractivity contribution is -0.142. The first-order valence-corrected chi connectivity index (χ1v) is 11.4. The van der Waals surface area contributed by atoms with E-state index in [1.807, 2.05) is 18.2 Å². The van der Waals surface area contributed by atoms with Crippen LogP contribution in [0, 0.1) is 9.49 Å². The van der Waals surface area contributed by atoms with Crippen molar-refractivity contribution in [1.29, 1.82) is 0 Å². The van der Waals surface area contributed by atoms with Gasteiger partial charge < -0.3 is 29.9 Å². The van der Waals surface area contributed by atoms with Crippen LogP contribution in [0.4, 0.5) is 0 Å². The van der Waals surface area contributed by atoms with Gasteiger partial charge in [0.2, 0.25) is 11.8 Å². The van der Waals surface area contributed by atoms with Crippen molar-refractivity contribution in [3.63, 3.8) is 0 Å². The molecule has 3 atom stereocenters. The molecule has 3 unspecified atom stereocenters. The Morgan fingerprint density at radius 1 is 1.32 bits per heavy atom. The summed E-state index contributed by atoms with van der Waals surface area (Å²) in [4.78, 5) is 27.2. The van der Waals surface area contributed by atoms with Crippen LogP contribution in [-0.2, 0) is 14.3 Å². The summed E-state index contributed by atoms with van der Waals surface area (Å²) in [5.41, 5.74) is 0.402. The van der Waals surface area contributed by atoms with Gasteiger partial charge >= 0.3 is 0 Å². The van der Waals surface area contributed by atoms with Gasteiger partial charge in [0.1, 0.15) is 18.0 Å². The fourth-order valence-corrected chi connectivity index (χ4v) is 3.94. The van der Waals surface area contributed by atoms with E-state index in [1.54, 1.807) is 38.0 Å². The molecule has 0 saturated heterocycles. The van der Waals surface area contributed by atoms with Crippen molar-refractivity contribution in [2.24, 2.45) is 5.92 Å². The van der Waals surface area contributed by atoms with Gasteiger partial charge in [-0.25, -0.2) is 0 Å². The predicted molar refractivity (Wildman–Crippen MR) is 125 cm³/mol. The molecule has 9 heteroatoms. The fraction of sp³-hybridized carbons (Fsp3) is 0.545. The number of ether oxygens (including phenoxy) is 2. The number of aliphatic hydroxyl groups is 2. The summed E-state index contributed by atoms with van der Waals surface area (Å²) >= 11 is 2.14. The lowest BCUT2D eigenvalue weighted by Crippen LogP contribution is -2.56. The molecule has 2 amide bonds. The topological polar surface area (TPSA) is 108 Å². The van der Waals surface area contributed by atoms with E-state index in [0.29, 0.717) is 17.9 Å². The smallest absolute Gasteiger partial charge is 0.247 e. The Bertz CT molecular complexity index is 785. The van der Waals surface area contributed by atoms with Crippen molar-refractivity contribution in [2.45, 2.75) is 38.5 Å². The highest BCUT2D eigenvalue weighted by Gasteiger charge is 2.40. The molecule has 1 aromatic rings. The Kier molecular flexibility index (Phi) is 10.2. The number of aliphatic hydroxyl groups excluding tert-OH is 2. The second-order valence-corrected chi connectivity index (χ2v) is 8.79. The SMILES string of the molecule is COCCN(C(=O)C(C)C)C1CC(C(=O)NCCO)=CC(Oc2ccccc2I)C1O. The van der Waals surface area contributed by atoms with Gasteiger partial charge in [-0.3, -0.25) is 9.59 Å². The quantitative estimate of drug-likeness (QED) is 0.383. The maximum Gasteiger partial charge on any atom is 0.247 e. The number of amides is 2. The first-order chi connectivity index (χ1) is 14.8. The highest BCUT2D eigenvalue weighted by molar-refractivity contribution is 14.1. The van der Waals surface area contributed by atoms with E-state index in [9.17, 15) is 14.7 Å². The number of hydrogen-bond acceptors (Lipinski definition) is 6.